The van der Waals surface area contributed by atoms with Crippen LogP contribution in [0.25, 0.3) is 0 Å². The van der Waals surface area contributed by atoms with Gasteiger partial charge in [0.1, 0.15) is 0 Å². The molecule has 2 rings (SSSR count). The fraction of sp³-hybridized carbons (Fsp3) is 0.929. The first-order chi connectivity index (χ1) is 8.62. The van der Waals surface area contributed by atoms with Gasteiger partial charge in [-0.15, -0.1) is 0 Å². The summed E-state index contributed by atoms with van der Waals surface area (Å²) in [5, 5.41) is 3.16. The molecule has 0 aromatic carbocycles. The number of nitrogens with one attached hydrogen (secondary N) is 1. The summed E-state index contributed by atoms with van der Waals surface area (Å²) in [7, 11) is -1.81. The molecule has 110 valence electrons. The summed E-state index contributed by atoms with van der Waals surface area (Å²) >= 11 is 0. The van der Waals surface area contributed by atoms with E-state index in [0.717, 1.165) is 13.0 Å². The van der Waals surface area contributed by atoms with Crippen LogP contribution in [-0.2, 0) is 14.0 Å². The summed E-state index contributed by atoms with van der Waals surface area (Å²) < 4.78 is 11.6. The van der Waals surface area contributed by atoms with Gasteiger partial charge < -0.3 is 14.5 Å². The lowest BCUT2D eigenvalue weighted by Gasteiger charge is -2.45. The maximum absolute atomic E-state index is 11.8. The summed E-state index contributed by atoms with van der Waals surface area (Å²) in [6.45, 7) is 14.0. The molecule has 0 aromatic heterocycles. The Hall–Kier alpha value is -0.393. The standard InChI is InChI=1S/C14H27NO3Si/c1-9(18-19(5,6)14(2,3)4)12-11(15-13(12)16)7-10-8-17-10/h9-12H,7-8H2,1-6H3,(H,15,16)/t9-,10?,11+,12+/m0/s1. The summed E-state index contributed by atoms with van der Waals surface area (Å²) in [6.07, 6.45) is 1.29. The van der Waals surface area contributed by atoms with Crippen LogP contribution >= 0.6 is 0 Å². The molecule has 1 amide bonds. The number of ether oxygens (including phenoxy) is 1. The van der Waals surface area contributed by atoms with Gasteiger partial charge in [0.05, 0.1) is 24.7 Å². The van der Waals surface area contributed by atoms with Crippen LogP contribution in [0.5, 0.6) is 0 Å². The second-order valence-electron chi connectivity index (χ2n) is 7.42. The van der Waals surface area contributed by atoms with E-state index >= 15 is 0 Å². The highest BCUT2D eigenvalue weighted by Gasteiger charge is 2.48. The molecule has 19 heavy (non-hydrogen) atoms. The largest absolute Gasteiger partial charge is 0.413 e. The molecule has 0 aromatic rings. The van der Waals surface area contributed by atoms with Crippen LogP contribution in [0.15, 0.2) is 0 Å². The maximum Gasteiger partial charge on any atom is 0.228 e. The second kappa shape index (κ2) is 4.86. The minimum absolute atomic E-state index is 0.00149. The van der Waals surface area contributed by atoms with Crippen molar-refractivity contribution in [3.8, 4) is 0 Å². The number of β-lactam (4-membered cyclic amide) rings is 1. The molecule has 4 nitrogen and oxygen atoms in total. The van der Waals surface area contributed by atoms with E-state index in [2.05, 4.69) is 39.2 Å². The zero-order valence-corrected chi connectivity index (χ0v) is 13.9. The minimum atomic E-state index is -1.81. The first-order valence-corrected chi connectivity index (χ1v) is 10.1. The smallest absolute Gasteiger partial charge is 0.228 e. The zero-order chi connectivity index (χ0) is 14.4. The summed E-state index contributed by atoms with van der Waals surface area (Å²) in [4.78, 5) is 11.8. The molecule has 0 radical (unpaired) electrons. The highest BCUT2D eigenvalue weighted by atomic mass is 28.4. The summed E-state index contributed by atoms with van der Waals surface area (Å²) in [6, 6.07) is 0.236. The molecule has 0 saturated carbocycles. The van der Waals surface area contributed by atoms with Crippen molar-refractivity contribution in [1.29, 1.82) is 0 Å². The number of carbonyl (C=O) groups is 1. The zero-order valence-electron chi connectivity index (χ0n) is 12.9. The Balaban J connectivity index is 1.94. The van der Waals surface area contributed by atoms with Gasteiger partial charge in [-0.25, -0.2) is 0 Å². The van der Waals surface area contributed by atoms with Crippen molar-refractivity contribution < 1.29 is 14.0 Å². The van der Waals surface area contributed by atoms with Gasteiger partial charge in [0.15, 0.2) is 8.32 Å². The predicted molar refractivity (Wildman–Crippen MR) is 77.5 cm³/mol. The average Bonchev–Trinajstić information content (AvgIpc) is 2.97. The topological polar surface area (TPSA) is 50.9 Å². The van der Waals surface area contributed by atoms with Crippen LogP contribution in [0.2, 0.25) is 18.1 Å². The van der Waals surface area contributed by atoms with Gasteiger partial charge >= 0.3 is 0 Å². The maximum atomic E-state index is 11.8. The third-order valence-corrected chi connectivity index (χ3v) is 9.35. The first kappa shape index (κ1) is 15.0. The van der Waals surface area contributed by atoms with Crippen molar-refractivity contribution in [2.24, 2.45) is 5.92 Å². The van der Waals surface area contributed by atoms with Crippen LogP contribution < -0.4 is 5.32 Å². The fourth-order valence-electron chi connectivity index (χ4n) is 2.40. The van der Waals surface area contributed by atoms with Crippen molar-refractivity contribution in [3.05, 3.63) is 0 Å². The lowest BCUT2D eigenvalue weighted by atomic mass is 9.83. The van der Waals surface area contributed by atoms with E-state index in [1.165, 1.54) is 0 Å². The molecule has 0 bridgehead atoms. The van der Waals surface area contributed by atoms with Crippen LogP contribution in [-0.4, -0.2) is 39.1 Å². The molecule has 5 heteroatoms. The van der Waals surface area contributed by atoms with E-state index < -0.39 is 8.32 Å². The van der Waals surface area contributed by atoms with E-state index in [1.54, 1.807) is 0 Å². The molecule has 1 N–H and O–H groups in total. The molecule has 2 aliphatic heterocycles. The predicted octanol–water partition coefficient (Wildman–Crippen LogP) is 2.30. The van der Waals surface area contributed by atoms with Crippen molar-refractivity contribution in [2.45, 2.75) is 70.5 Å². The monoisotopic (exact) mass is 285 g/mol. The fourth-order valence-corrected chi connectivity index (χ4v) is 3.83. The lowest BCUT2D eigenvalue weighted by Crippen LogP contribution is -2.64. The van der Waals surface area contributed by atoms with Crippen LogP contribution in [0.3, 0.4) is 0 Å². The number of carbonyl (C=O) groups excluding carboxylic acids is 1. The van der Waals surface area contributed by atoms with E-state index in [-0.39, 0.29) is 29.0 Å². The van der Waals surface area contributed by atoms with Gasteiger partial charge in [-0.05, 0) is 31.5 Å². The Morgan fingerprint density at radius 2 is 2.05 bits per heavy atom. The summed E-state index contributed by atoms with van der Waals surface area (Å²) in [5.74, 6) is 0.134. The Morgan fingerprint density at radius 1 is 1.47 bits per heavy atom. The minimum Gasteiger partial charge on any atom is -0.413 e. The van der Waals surface area contributed by atoms with Crippen LogP contribution in [0.4, 0.5) is 0 Å². The van der Waals surface area contributed by atoms with Gasteiger partial charge in [0.25, 0.3) is 0 Å². The van der Waals surface area contributed by atoms with Gasteiger partial charge in [-0.2, -0.15) is 0 Å². The average molecular weight is 285 g/mol. The van der Waals surface area contributed by atoms with Crippen molar-refractivity contribution in [3.63, 3.8) is 0 Å². The molecular formula is C14H27NO3Si. The number of hydrogen-bond donors (Lipinski definition) is 1. The van der Waals surface area contributed by atoms with Gasteiger partial charge in [0, 0.05) is 6.04 Å². The third kappa shape index (κ3) is 3.20. The molecule has 2 saturated heterocycles. The van der Waals surface area contributed by atoms with Crippen LogP contribution in [0.1, 0.15) is 34.1 Å². The Kier molecular flexibility index (Phi) is 3.84. The van der Waals surface area contributed by atoms with E-state index in [4.69, 9.17) is 9.16 Å². The van der Waals surface area contributed by atoms with Crippen LogP contribution in [0, 0.1) is 5.92 Å². The van der Waals surface area contributed by atoms with E-state index in [1.807, 2.05) is 6.92 Å². The molecule has 0 aliphatic carbocycles. The third-order valence-electron chi connectivity index (χ3n) is 4.78. The highest BCUT2D eigenvalue weighted by molar-refractivity contribution is 6.74. The summed E-state index contributed by atoms with van der Waals surface area (Å²) in [5.41, 5.74) is 0. The molecule has 4 atom stereocenters. The molecular weight excluding hydrogens is 258 g/mol. The molecule has 2 fully saturated rings. The van der Waals surface area contributed by atoms with Crippen molar-refractivity contribution in [1.82, 2.24) is 5.32 Å². The van der Waals surface area contributed by atoms with Gasteiger partial charge in [-0.1, -0.05) is 20.8 Å². The normalized spacial score (nSPS) is 32.5. The Bertz CT molecular complexity index is 360. The van der Waals surface area contributed by atoms with Gasteiger partial charge in [0.2, 0.25) is 5.91 Å². The Labute approximate surface area is 117 Å². The van der Waals surface area contributed by atoms with E-state index in [0.29, 0.717) is 6.10 Å². The number of rotatable bonds is 5. The molecule has 2 aliphatic rings. The number of epoxide rings is 1. The SMILES string of the molecule is C[C@H](O[Si](C)(C)C(C)(C)C)[C@H]1C(=O)N[C@@H]1CC1CO1. The van der Waals surface area contributed by atoms with Crippen molar-refractivity contribution >= 4 is 14.2 Å². The van der Waals surface area contributed by atoms with E-state index in [9.17, 15) is 4.79 Å². The molecule has 0 spiro atoms. The highest BCUT2D eigenvalue weighted by Crippen LogP contribution is 2.39. The number of amides is 1. The first-order valence-electron chi connectivity index (χ1n) is 7.21. The van der Waals surface area contributed by atoms with Crippen molar-refractivity contribution in [2.75, 3.05) is 6.61 Å². The quantitative estimate of drug-likeness (QED) is 0.479. The molecule has 2 heterocycles. The molecule has 1 unspecified atom stereocenters. The second-order valence-corrected chi connectivity index (χ2v) is 12.2. The Morgan fingerprint density at radius 3 is 2.47 bits per heavy atom. The lowest BCUT2D eigenvalue weighted by molar-refractivity contribution is -0.140. The van der Waals surface area contributed by atoms with Gasteiger partial charge in [-0.3, -0.25) is 4.79 Å². The number of hydrogen-bond acceptors (Lipinski definition) is 3.